The van der Waals surface area contributed by atoms with Gasteiger partial charge in [-0.15, -0.1) is 0 Å². The van der Waals surface area contributed by atoms with E-state index in [4.69, 9.17) is 33.5 Å². The van der Waals surface area contributed by atoms with Crippen molar-refractivity contribution in [3.8, 4) is 5.88 Å². The normalized spacial score (nSPS) is 30.5. The number of esters is 1. The van der Waals surface area contributed by atoms with Gasteiger partial charge in [-0.3, -0.25) is 22.9 Å². The Morgan fingerprint density at radius 1 is 1.43 bits per heavy atom. The number of aliphatic hydroxyl groups is 1. The maximum atomic E-state index is 13.0. The molecule has 2 aromatic rings. The molecule has 0 aromatic carbocycles. The Kier molecular flexibility index (Phi) is 7.32. The molecule has 14 nitrogen and oxygen atoms in total. The topological polar surface area (TPSA) is 179 Å². The van der Waals surface area contributed by atoms with Crippen molar-refractivity contribution in [1.29, 1.82) is 0 Å². The van der Waals surface area contributed by atoms with Crippen LogP contribution in [0.4, 0.5) is 5.95 Å². The molecule has 35 heavy (non-hydrogen) atoms. The van der Waals surface area contributed by atoms with Gasteiger partial charge in [0.05, 0.1) is 32.3 Å². The summed E-state index contributed by atoms with van der Waals surface area (Å²) in [6, 6.07) is 0. The first-order chi connectivity index (χ1) is 16.5. The molecule has 2 aliphatic heterocycles. The molecular weight excluding hydrogens is 485 g/mol. The number of carbonyl (C=O) groups is 1. The Hall–Kier alpha value is -2.35. The molecule has 194 valence electrons. The average Bonchev–Trinajstić information content (AvgIpc) is 3.29. The minimum Gasteiger partial charge on any atom is -0.476 e. The van der Waals surface area contributed by atoms with Crippen molar-refractivity contribution in [2.45, 2.75) is 70.7 Å². The number of phosphoric acid groups is 1. The summed E-state index contributed by atoms with van der Waals surface area (Å²) < 4.78 is 47.4. The Morgan fingerprint density at radius 3 is 2.91 bits per heavy atom. The monoisotopic (exact) mass is 515 g/mol. The van der Waals surface area contributed by atoms with Crippen molar-refractivity contribution in [2.75, 3.05) is 25.6 Å². The number of nitrogens with two attached hydrogens (primary N) is 1. The minimum absolute atomic E-state index is 0.0347. The van der Waals surface area contributed by atoms with Crippen molar-refractivity contribution >= 4 is 30.9 Å². The second kappa shape index (κ2) is 9.96. The number of nitrogen functional groups attached to an aromatic ring is 1. The number of phosphoric ester groups is 1. The predicted molar refractivity (Wildman–Crippen MR) is 120 cm³/mol. The molecule has 0 aliphatic carbocycles. The molecule has 0 saturated carbocycles. The first-order valence-electron chi connectivity index (χ1n) is 11.3. The van der Waals surface area contributed by atoms with Crippen LogP contribution in [0.2, 0.25) is 0 Å². The fourth-order valence-electron chi connectivity index (χ4n) is 3.97. The van der Waals surface area contributed by atoms with E-state index >= 15 is 0 Å². The largest absolute Gasteiger partial charge is 0.476 e. The predicted octanol–water partition coefficient (Wildman–Crippen LogP) is 1.73. The van der Waals surface area contributed by atoms with Crippen molar-refractivity contribution in [2.24, 2.45) is 0 Å². The van der Waals surface area contributed by atoms with Crippen LogP contribution in [-0.2, 0) is 32.4 Å². The summed E-state index contributed by atoms with van der Waals surface area (Å²) >= 11 is 0. The second-order valence-corrected chi connectivity index (χ2v) is 10.3. The number of hydrogen-bond acceptors (Lipinski definition) is 13. The lowest BCUT2D eigenvalue weighted by atomic mass is 9.96. The Labute approximate surface area is 201 Å². The number of aromatic nitrogens is 4. The lowest BCUT2D eigenvalue weighted by molar-refractivity contribution is -0.147. The third-order valence-electron chi connectivity index (χ3n) is 5.44. The third-order valence-corrected chi connectivity index (χ3v) is 6.89. The molecule has 0 bridgehead atoms. The van der Waals surface area contributed by atoms with E-state index in [0.717, 1.165) is 0 Å². The molecule has 0 radical (unpaired) electrons. The van der Waals surface area contributed by atoms with Crippen molar-refractivity contribution in [3.05, 3.63) is 6.33 Å². The molecule has 1 unspecified atom stereocenters. The number of carbonyl (C=O) groups excluding carboxylic acids is 1. The van der Waals surface area contributed by atoms with E-state index in [-0.39, 0.29) is 50.0 Å². The standard InChI is InChI=1S/C20H30N5O9P/c1-5-29-17-14-16(23-19(21)24-17)25(10-22-14)18-20(4,27)15-12(33-18)9-31-35(28,34-15)30-8-6-7-13(26)32-11(2)3/h10-12,15,18,27H,5-9H2,1-4H3,(H2,21,23,24)/t12-,15-,18-,20-,35?/m1/s1. The number of fused-ring (bicyclic) bond motifs is 2. The van der Waals surface area contributed by atoms with Crippen LogP contribution in [0.5, 0.6) is 5.88 Å². The van der Waals surface area contributed by atoms with Crippen molar-refractivity contribution in [3.63, 3.8) is 0 Å². The van der Waals surface area contributed by atoms with Gasteiger partial charge in [-0.25, -0.2) is 9.55 Å². The van der Waals surface area contributed by atoms with E-state index in [0.29, 0.717) is 17.8 Å². The summed E-state index contributed by atoms with van der Waals surface area (Å²) in [5.74, 6) is -0.210. The zero-order valence-corrected chi connectivity index (χ0v) is 20.8. The van der Waals surface area contributed by atoms with Crippen molar-refractivity contribution < 1.29 is 42.2 Å². The second-order valence-electron chi connectivity index (χ2n) is 8.64. The SMILES string of the molecule is CCOc1nc(N)nc2c1ncn2[C@@H]1O[C@@H]2COP(=O)(OCCCC(=O)OC(C)C)O[C@H]2[C@@]1(C)O. The first kappa shape index (κ1) is 25.7. The summed E-state index contributed by atoms with van der Waals surface area (Å²) in [5.41, 5.74) is 4.79. The fourth-order valence-corrected chi connectivity index (χ4v) is 5.48. The fraction of sp³-hybridized carbons (Fsp3) is 0.700. The maximum Gasteiger partial charge on any atom is 0.475 e. The van der Waals surface area contributed by atoms with Crippen molar-refractivity contribution in [1.82, 2.24) is 19.5 Å². The number of imidazole rings is 1. The number of ether oxygens (including phenoxy) is 3. The molecule has 4 heterocycles. The molecule has 2 aromatic heterocycles. The third kappa shape index (κ3) is 5.27. The van der Waals surface area contributed by atoms with Gasteiger partial charge in [0.2, 0.25) is 11.8 Å². The molecule has 2 aliphatic rings. The van der Waals surface area contributed by atoms with E-state index < -0.39 is 31.9 Å². The van der Waals surface area contributed by atoms with Crippen LogP contribution in [-0.4, -0.2) is 74.3 Å². The van der Waals surface area contributed by atoms with Gasteiger partial charge in [-0.1, -0.05) is 0 Å². The van der Waals surface area contributed by atoms with E-state index in [1.807, 2.05) is 0 Å². The number of rotatable bonds is 9. The van der Waals surface area contributed by atoms with E-state index in [1.54, 1.807) is 20.8 Å². The smallest absolute Gasteiger partial charge is 0.475 e. The summed E-state index contributed by atoms with van der Waals surface area (Å²) in [5, 5.41) is 11.4. The summed E-state index contributed by atoms with van der Waals surface area (Å²) in [6.07, 6.45) is -1.25. The van der Waals surface area contributed by atoms with Gasteiger partial charge in [-0.2, -0.15) is 9.97 Å². The Morgan fingerprint density at radius 2 is 2.20 bits per heavy atom. The zero-order valence-electron chi connectivity index (χ0n) is 19.9. The van der Waals surface area contributed by atoms with Gasteiger partial charge in [0, 0.05) is 6.42 Å². The molecule has 2 fully saturated rings. The van der Waals surface area contributed by atoms with Crippen LogP contribution in [0, 0.1) is 0 Å². The van der Waals surface area contributed by atoms with Gasteiger partial charge in [-0.05, 0) is 34.1 Å². The molecule has 3 N–H and O–H groups in total. The number of hydrogen-bond donors (Lipinski definition) is 2. The maximum absolute atomic E-state index is 13.0. The lowest BCUT2D eigenvalue weighted by Crippen LogP contribution is -2.47. The van der Waals surface area contributed by atoms with Gasteiger partial charge in [0.15, 0.2) is 17.4 Å². The average molecular weight is 515 g/mol. The summed E-state index contributed by atoms with van der Waals surface area (Å²) in [7, 11) is -4.01. The van der Waals surface area contributed by atoms with Gasteiger partial charge in [0.25, 0.3) is 0 Å². The zero-order chi connectivity index (χ0) is 25.4. The molecule has 2 saturated heterocycles. The van der Waals surface area contributed by atoms with Crippen LogP contribution in [0.15, 0.2) is 6.33 Å². The van der Waals surface area contributed by atoms with E-state index in [2.05, 4.69) is 15.0 Å². The molecule has 4 rings (SSSR count). The van der Waals surface area contributed by atoms with Crippen LogP contribution < -0.4 is 10.5 Å². The quantitative estimate of drug-likeness (QED) is 0.280. The Bertz CT molecular complexity index is 1120. The highest BCUT2D eigenvalue weighted by molar-refractivity contribution is 7.48. The highest BCUT2D eigenvalue weighted by Crippen LogP contribution is 2.58. The van der Waals surface area contributed by atoms with Gasteiger partial charge < -0.3 is 25.1 Å². The molecule has 0 amide bonds. The van der Waals surface area contributed by atoms with Crippen LogP contribution in [0.3, 0.4) is 0 Å². The first-order valence-corrected chi connectivity index (χ1v) is 12.8. The van der Waals surface area contributed by atoms with E-state index in [9.17, 15) is 14.5 Å². The minimum atomic E-state index is -4.01. The highest BCUT2D eigenvalue weighted by atomic mass is 31.2. The highest BCUT2D eigenvalue weighted by Gasteiger charge is 2.60. The number of nitrogens with zero attached hydrogens (tertiary/aromatic N) is 4. The van der Waals surface area contributed by atoms with Crippen LogP contribution in [0.1, 0.15) is 46.8 Å². The van der Waals surface area contributed by atoms with Crippen LogP contribution in [0.25, 0.3) is 11.2 Å². The summed E-state index contributed by atoms with van der Waals surface area (Å²) in [4.78, 5) is 24.2. The number of anilines is 1. The van der Waals surface area contributed by atoms with Crippen LogP contribution >= 0.6 is 7.82 Å². The summed E-state index contributed by atoms with van der Waals surface area (Å²) in [6.45, 7) is 6.93. The lowest BCUT2D eigenvalue weighted by Gasteiger charge is -2.35. The van der Waals surface area contributed by atoms with E-state index in [1.165, 1.54) is 17.8 Å². The molecule has 15 heteroatoms. The van der Waals surface area contributed by atoms with Gasteiger partial charge in [0.1, 0.15) is 17.8 Å². The molecular formula is C20H30N5O9P. The molecule has 0 spiro atoms. The Balaban J connectivity index is 1.47. The molecule has 5 atom stereocenters. The van der Waals surface area contributed by atoms with Gasteiger partial charge >= 0.3 is 13.8 Å².